The van der Waals surface area contributed by atoms with Gasteiger partial charge in [-0.2, -0.15) is 0 Å². The number of hydrogen-bond donors (Lipinski definition) is 0. The first-order chi connectivity index (χ1) is 9.45. The third kappa shape index (κ3) is 1.94. The quantitative estimate of drug-likeness (QED) is 0.738. The third-order valence-electron chi connectivity index (χ3n) is 6.52. The van der Waals surface area contributed by atoms with Crippen molar-refractivity contribution in [2.75, 3.05) is 13.6 Å². The van der Waals surface area contributed by atoms with Gasteiger partial charge in [0.05, 0.1) is 0 Å². The van der Waals surface area contributed by atoms with Crippen molar-refractivity contribution in [3.8, 4) is 0 Å². The number of hydrogen-bond acceptors (Lipinski definition) is 1. The molecule has 1 saturated heterocycles. The van der Waals surface area contributed by atoms with Crippen LogP contribution in [0.3, 0.4) is 0 Å². The van der Waals surface area contributed by atoms with Gasteiger partial charge < -0.3 is 4.90 Å². The van der Waals surface area contributed by atoms with Gasteiger partial charge in [0.25, 0.3) is 0 Å². The maximum Gasteiger partial charge on any atom is 0.0154 e. The number of fused-ring (bicyclic) bond motifs is 2. The van der Waals surface area contributed by atoms with Crippen molar-refractivity contribution in [2.45, 2.75) is 52.0 Å². The van der Waals surface area contributed by atoms with Gasteiger partial charge in [0.1, 0.15) is 0 Å². The Morgan fingerprint density at radius 1 is 1.20 bits per heavy atom. The third-order valence-corrected chi connectivity index (χ3v) is 6.52. The molecule has 20 heavy (non-hydrogen) atoms. The van der Waals surface area contributed by atoms with Crippen molar-refractivity contribution in [3.05, 3.63) is 35.4 Å². The molecule has 0 radical (unpaired) electrons. The van der Waals surface area contributed by atoms with Crippen LogP contribution in [0.5, 0.6) is 0 Å². The highest BCUT2D eigenvalue weighted by Gasteiger charge is 2.53. The highest BCUT2D eigenvalue weighted by Crippen LogP contribution is 2.54. The van der Waals surface area contributed by atoms with Gasteiger partial charge in [-0.05, 0) is 56.7 Å². The van der Waals surface area contributed by atoms with E-state index in [0.717, 1.165) is 23.8 Å². The van der Waals surface area contributed by atoms with Gasteiger partial charge in [-0.15, -0.1) is 0 Å². The molecule has 1 aromatic carbocycles. The summed E-state index contributed by atoms with van der Waals surface area (Å²) in [4.78, 5) is 2.62. The van der Waals surface area contributed by atoms with Crippen molar-refractivity contribution >= 4 is 0 Å². The maximum atomic E-state index is 2.62. The Hall–Kier alpha value is -0.820. The van der Waals surface area contributed by atoms with E-state index in [0.29, 0.717) is 5.41 Å². The first-order valence-corrected chi connectivity index (χ1v) is 8.23. The number of likely N-dealkylation sites (tertiary alicyclic amines) is 1. The molecule has 3 rings (SSSR count). The SMILES string of the molecule is Cc1cccc([C@]23CCN(C)[C@H](C(C)C(C)C2)[C@H]3C)c1. The number of benzene rings is 1. The molecule has 0 spiro atoms. The van der Waals surface area contributed by atoms with Gasteiger partial charge in [-0.3, -0.25) is 0 Å². The second-order valence-electron chi connectivity index (χ2n) is 7.58. The summed E-state index contributed by atoms with van der Waals surface area (Å²) < 4.78 is 0. The van der Waals surface area contributed by atoms with Crippen LogP contribution in [0.4, 0.5) is 0 Å². The second-order valence-corrected chi connectivity index (χ2v) is 7.58. The van der Waals surface area contributed by atoms with Gasteiger partial charge in [-0.25, -0.2) is 0 Å². The van der Waals surface area contributed by atoms with Gasteiger partial charge in [0.2, 0.25) is 0 Å². The van der Waals surface area contributed by atoms with E-state index in [-0.39, 0.29) is 0 Å². The smallest absolute Gasteiger partial charge is 0.0154 e. The summed E-state index contributed by atoms with van der Waals surface area (Å²) in [6.07, 6.45) is 2.69. The molecular formula is C19H29N. The minimum atomic E-state index is 0.412. The maximum absolute atomic E-state index is 2.62. The first kappa shape index (κ1) is 14.1. The molecule has 0 aromatic heterocycles. The Morgan fingerprint density at radius 3 is 2.65 bits per heavy atom. The van der Waals surface area contributed by atoms with Crippen LogP contribution in [0.1, 0.15) is 44.7 Å². The zero-order valence-electron chi connectivity index (χ0n) is 13.7. The fraction of sp³-hybridized carbons (Fsp3) is 0.684. The molecule has 2 bridgehead atoms. The summed E-state index contributed by atoms with van der Waals surface area (Å²) >= 11 is 0. The van der Waals surface area contributed by atoms with E-state index in [2.05, 4.69) is 63.9 Å². The summed E-state index contributed by atoms with van der Waals surface area (Å²) in [6.45, 7) is 10.9. The zero-order chi connectivity index (χ0) is 14.5. The summed E-state index contributed by atoms with van der Waals surface area (Å²) in [5.41, 5.74) is 3.42. The monoisotopic (exact) mass is 271 g/mol. The average molecular weight is 271 g/mol. The summed E-state index contributed by atoms with van der Waals surface area (Å²) in [5, 5.41) is 0. The lowest BCUT2D eigenvalue weighted by Gasteiger charge is -2.59. The van der Waals surface area contributed by atoms with E-state index in [4.69, 9.17) is 0 Å². The molecule has 110 valence electrons. The molecule has 1 aromatic rings. The summed E-state index contributed by atoms with van der Waals surface area (Å²) in [5.74, 6) is 2.39. The number of piperidine rings is 1. The molecule has 5 atom stereocenters. The van der Waals surface area contributed by atoms with Gasteiger partial charge >= 0.3 is 0 Å². The topological polar surface area (TPSA) is 3.24 Å². The van der Waals surface area contributed by atoms with Crippen LogP contribution >= 0.6 is 0 Å². The Bertz CT molecular complexity index is 494. The fourth-order valence-electron chi connectivity index (χ4n) is 5.18. The average Bonchev–Trinajstić information content (AvgIpc) is 2.41. The first-order valence-electron chi connectivity index (χ1n) is 8.23. The van der Waals surface area contributed by atoms with Crippen LogP contribution in [0.25, 0.3) is 0 Å². The van der Waals surface area contributed by atoms with Gasteiger partial charge in [0.15, 0.2) is 0 Å². The van der Waals surface area contributed by atoms with Crippen LogP contribution in [-0.4, -0.2) is 24.5 Å². The van der Waals surface area contributed by atoms with Crippen LogP contribution in [-0.2, 0) is 5.41 Å². The van der Waals surface area contributed by atoms with Crippen LogP contribution in [0, 0.1) is 24.7 Å². The standard InChI is InChI=1S/C19H29N/c1-13-7-6-8-17(11-13)19-9-10-20(5)18(16(19)4)15(3)14(2)12-19/h6-8,11,14-16,18H,9-10,12H2,1-5H3/t14?,15?,16-,18-,19-/m1/s1. The minimum Gasteiger partial charge on any atom is -0.303 e. The minimum absolute atomic E-state index is 0.412. The lowest BCUT2D eigenvalue weighted by molar-refractivity contribution is -0.0458. The molecule has 2 aliphatic rings. The van der Waals surface area contributed by atoms with E-state index in [1.165, 1.54) is 24.9 Å². The Balaban J connectivity index is 2.07. The van der Waals surface area contributed by atoms with Crippen LogP contribution < -0.4 is 0 Å². The van der Waals surface area contributed by atoms with E-state index < -0.39 is 0 Å². The van der Waals surface area contributed by atoms with Gasteiger partial charge in [-0.1, -0.05) is 50.6 Å². The van der Waals surface area contributed by atoms with E-state index in [1.54, 1.807) is 5.56 Å². The number of aryl methyl sites for hydroxylation is 1. The largest absolute Gasteiger partial charge is 0.303 e. The van der Waals surface area contributed by atoms with Crippen molar-refractivity contribution in [3.63, 3.8) is 0 Å². The highest BCUT2D eigenvalue weighted by molar-refractivity contribution is 5.33. The van der Waals surface area contributed by atoms with Crippen molar-refractivity contribution in [1.29, 1.82) is 0 Å². The molecule has 1 aliphatic heterocycles. The molecule has 1 nitrogen and oxygen atoms in total. The molecule has 0 N–H and O–H groups in total. The number of rotatable bonds is 1. The van der Waals surface area contributed by atoms with Crippen LogP contribution in [0.15, 0.2) is 24.3 Å². The molecule has 0 amide bonds. The predicted octanol–water partition coefficient (Wildman–Crippen LogP) is 4.25. The van der Waals surface area contributed by atoms with Crippen molar-refractivity contribution in [2.24, 2.45) is 17.8 Å². The van der Waals surface area contributed by atoms with Crippen molar-refractivity contribution < 1.29 is 0 Å². The second kappa shape index (κ2) is 4.87. The van der Waals surface area contributed by atoms with Crippen molar-refractivity contribution in [1.82, 2.24) is 4.90 Å². The normalized spacial score (nSPS) is 41.6. The Kier molecular flexibility index (Phi) is 3.44. The molecule has 2 unspecified atom stereocenters. The van der Waals surface area contributed by atoms with Gasteiger partial charge in [0, 0.05) is 11.5 Å². The summed E-state index contributed by atoms with van der Waals surface area (Å²) in [7, 11) is 2.33. The molecule has 1 heteroatoms. The van der Waals surface area contributed by atoms with E-state index in [9.17, 15) is 0 Å². The lowest BCUT2D eigenvalue weighted by atomic mass is 9.52. The Morgan fingerprint density at radius 2 is 1.95 bits per heavy atom. The Labute approximate surface area is 124 Å². The fourth-order valence-corrected chi connectivity index (χ4v) is 5.18. The lowest BCUT2D eigenvalue weighted by Crippen LogP contribution is -2.61. The molecule has 1 heterocycles. The van der Waals surface area contributed by atoms with E-state index >= 15 is 0 Å². The molecule has 1 saturated carbocycles. The molecule has 1 aliphatic carbocycles. The summed E-state index contributed by atoms with van der Waals surface area (Å²) in [6, 6.07) is 10.1. The molecule has 2 fully saturated rings. The van der Waals surface area contributed by atoms with Crippen LogP contribution in [0.2, 0.25) is 0 Å². The highest BCUT2D eigenvalue weighted by atomic mass is 15.2. The molecular weight excluding hydrogens is 242 g/mol. The van der Waals surface area contributed by atoms with E-state index in [1.807, 2.05) is 0 Å². The zero-order valence-corrected chi connectivity index (χ0v) is 13.7. The number of nitrogens with zero attached hydrogens (tertiary/aromatic N) is 1. The predicted molar refractivity (Wildman–Crippen MR) is 86.0 cm³/mol.